The number of hydrogen-bond donors (Lipinski definition) is 2. The fourth-order valence-corrected chi connectivity index (χ4v) is 2.32. The fraction of sp³-hybridized carbons (Fsp3) is 0.533. The minimum Gasteiger partial charge on any atom is -0.385 e. The Hall–Kier alpha value is -1.75. The van der Waals surface area contributed by atoms with Gasteiger partial charge in [0.25, 0.3) is 0 Å². The summed E-state index contributed by atoms with van der Waals surface area (Å²) >= 11 is 0. The maximum absolute atomic E-state index is 11.6. The van der Waals surface area contributed by atoms with E-state index >= 15 is 0 Å². The number of nitrogens with one attached hydrogen (secondary N) is 2. The molecule has 1 aromatic carbocycles. The van der Waals surface area contributed by atoms with Crippen molar-refractivity contribution in [1.82, 2.24) is 5.32 Å². The van der Waals surface area contributed by atoms with Crippen LogP contribution in [0.4, 0.5) is 16.2 Å². The summed E-state index contributed by atoms with van der Waals surface area (Å²) in [4.78, 5) is 14.0. The molecule has 0 unspecified atom stereocenters. The van der Waals surface area contributed by atoms with Crippen molar-refractivity contribution in [3.8, 4) is 0 Å². The van der Waals surface area contributed by atoms with Crippen LogP contribution in [0.15, 0.2) is 24.3 Å². The molecule has 0 atom stereocenters. The van der Waals surface area contributed by atoms with E-state index in [4.69, 9.17) is 4.74 Å². The van der Waals surface area contributed by atoms with Crippen LogP contribution in [-0.2, 0) is 4.74 Å². The van der Waals surface area contributed by atoms with Crippen molar-refractivity contribution in [2.24, 2.45) is 0 Å². The number of carbonyl (C=O) groups excluding carboxylic acids is 1. The summed E-state index contributed by atoms with van der Waals surface area (Å²) in [7, 11) is 1.65. The predicted molar refractivity (Wildman–Crippen MR) is 81.4 cm³/mol. The van der Waals surface area contributed by atoms with Gasteiger partial charge in [-0.05, 0) is 43.5 Å². The smallest absolute Gasteiger partial charge is 0.319 e. The van der Waals surface area contributed by atoms with Crippen LogP contribution in [0.2, 0.25) is 0 Å². The second-order valence-corrected chi connectivity index (χ2v) is 4.97. The first-order valence-electron chi connectivity index (χ1n) is 7.18. The predicted octanol–water partition coefficient (Wildman–Crippen LogP) is 2.44. The summed E-state index contributed by atoms with van der Waals surface area (Å²) in [6.07, 6.45) is 3.35. The molecule has 2 rings (SSSR count). The van der Waals surface area contributed by atoms with Crippen LogP contribution in [-0.4, -0.2) is 39.4 Å². The Labute approximate surface area is 120 Å². The van der Waals surface area contributed by atoms with Gasteiger partial charge in [-0.25, -0.2) is 4.79 Å². The van der Waals surface area contributed by atoms with E-state index in [-0.39, 0.29) is 6.03 Å². The molecule has 1 fully saturated rings. The van der Waals surface area contributed by atoms with Gasteiger partial charge in [-0.15, -0.1) is 0 Å². The Morgan fingerprint density at radius 3 is 2.60 bits per heavy atom. The lowest BCUT2D eigenvalue weighted by Gasteiger charge is -2.17. The van der Waals surface area contributed by atoms with Crippen molar-refractivity contribution in [3.05, 3.63) is 24.3 Å². The highest BCUT2D eigenvalue weighted by atomic mass is 16.5. The van der Waals surface area contributed by atoms with Crippen molar-refractivity contribution < 1.29 is 9.53 Å². The first-order chi connectivity index (χ1) is 9.79. The second-order valence-electron chi connectivity index (χ2n) is 4.97. The molecule has 0 spiro atoms. The number of benzene rings is 1. The molecule has 0 aromatic heterocycles. The highest BCUT2D eigenvalue weighted by Gasteiger charge is 2.11. The number of nitrogens with zero attached hydrogens (tertiary/aromatic N) is 1. The summed E-state index contributed by atoms with van der Waals surface area (Å²) in [6, 6.07) is 7.85. The number of methoxy groups -OCH3 is 1. The highest BCUT2D eigenvalue weighted by molar-refractivity contribution is 5.89. The zero-order chi connectivity index (χ0) is 14.2. The molecule has 5 nitrogen and oxygen atoms in total. The average Bonchev–Trinajstić information content (AvgIpc) is 2.99. The van der Waals surface area contributed by atoms with Gasteiger partial charge in [-0.1, -0.05) is 0 Å². The van der Waals surface area contributed by atoms with Gasteiger partial charge in [0.05, 0.1) is 0 Å². The minimum atomic E-state index is -0.171. The third kappa shape index (κ3) is 4.42. The van der Waals surface area contributed by atoms with Gasteiger partial charge in [-0.2, -0.15) is 0 Å². The minimum absolute atomic E-state index is 0.171. The van der Waals surface area contributed by atoms with E-state index in [9.17, 15) is 4.79 Å². The average molecular weight is 277 g/mol. The topological polar surface area (TPSA) is 53.6 Å². The Balaban J connectivity index is 1.76. The molecular weight excluding hydrogens is 254 g/mol. The van der Waals surface area contributed by atoms with Gasteiger partial charge in [0.2, 0.25) is 0 Å². The number of ether oxygens (including phenoxy) is 1. The molecule has 5 heteroatoms. The fourth-order valence-electron chi connectivity index (χ4n) is 2.32. The number of anilines is 2. The summed E-state index contributed by atoms with van der Waals surface area (Å²) in [6.45, 7) is 3.54. The maximum atomic E-state index is 11.6. The van der Waals surface area contributed by atoms with E-state index in [0.717, 1.165) is 25.2 Å². The Bertz CT molecular complexity index is 414. The van der Waals surface area contributed by atoms with Crippen molar-refractivity contribution in [1.29, 1.82) is 0 Å². The lowest BCUT2D eigenvalue weighted by atomic mass is 10.2. The maximum Gasteiger partial charge on any atom is 0.319 e. The molecule has 0 aliphatic carbocycles. The zero-order valence-corrected chi connectivity index (χ0v) is 12.0. The molecule has 110 valence electrons. The number of hydrogen-bond acceptors (Lipinski definition) is 3. The second kappa shape index (κ2) is 7.75. The molecule has 1 aromatic rings. The van der Waals surface area contributed by atoms with Gasteiger partial charge in [-0.3, -0.25) is 0 Å². The number of urea groups is 1. The van der Waals surface area contributed by atoms with Crippen LogP contribution in [0.3, 0.4) is 0 Å². The summed E-state index contributed by atoms with van der Waals surface area (Å²) in [5.74, 6) is 0. The quantitative estimate of drug-likeness (QED) is 0.785. The highest BCUT2D eigenvalue weighted by Crippen LogP contribution is 2.21. The molecule has 0 bridgehead atoms. The van der Waals surface area contributed by atoms with E-state index in [1.165, 1.54) is 18.5 Å². The molecule has 1 aliphatic heterocycles. The van der Waals surface area contributed by atoms with Gasteiger partial charge in [0, 0.05) is 44.7 Å². The zero-order valence-electron chi connectivity index (χ0n) is 12.0. The first kappa shape index (κ1) is 14.7. The van der Waals surface area contributed by atoms with E-state index in [1.807, 2.05) is 12.1 Å². The van der Waals surface area contributed by atoms with Crippen LogP contribution in [0.5, 0.6) is 0 Å². The standard InChI is InChI=1S/C15H23N3O2/c1-20-12-4-9-16-15(19)17-13-5-7-14(8-6-13)18-10-2-3-11-18/h5-8H,2-4,9-12H2,1H3,(H2,16,17,19). The lowest BCUT2D eigenvalue weighted by Crippen LogP contribution is -2.30. The molecule has 1 heterocycles. The molecule has 1 saturated heterocycles. The van der Waals surface area contributed by atoms with E-state index in [0.29, 0.717) is 13.2 Å². The third-order valence-corrected chi connectivity index (χ3v) is 3.41. The lowest BCUT2D eigenvalue weighted by molar-refractivity contribution is 0.194. The Morgan fingerprint density at radius 1 is 1.25 bits per heavy atom. The Morgan fingerprint density at radius 2 is 1.95 bits per heavy atom. The normalized spacial score (nSPS) is 14.3. The van der Waals surface area contributed by atoms with Gasteiger partial charge in [0.15, 0.2) is 0 Å². The first-order valence-corrected chi connectivity index (χ1v) is 7.18. The van der Waals surface area contributed by atoms with Crippen LogP contribution < -0.4 is 15.5 Å². The SMILES string of the molecule is COCCCNC(=O)Nc1ccc(N2CCCC2)cc1. The van der Waals surface area contributed by atoms with Gasteiger partial charge in [0.1, 0.15) is 0 Å². The largest absolute Gasteiger partial charge is 0.385 e. The van der Waals surface area contributed by atoms with Crippen LogP contribution in [0, 0.1) is 0 Å². The molecule has 2 N–H and O–H groups in total. The molecule has 20 heavy (non-hydrogen) atoms. The molecule has 0 saturated carbocycles. The van der Waals surface area contributed by atoms with Gasteiger partial charge >= 0.3 is 6.03 Å². The van der Waals surface area contributed by atoms with Crippen molar-refractivity contribution in [2.75, 3.05) is 43.6 Å². The van der Waals surface area contributed by atoms with Crippen LogP contribution in [0.25, 0.3) is 0 Å². The van der Waals surface area contributed by atoms with Crippen molar-refractivity contribution >= 4 is 17.4 Å². The third-order valence-electron chi connectivity index (χ3n) is 3.41. The van der Waals surface area contributed by atoms with E-state index in [2.05, 4.69) is 27.7 Å². The van der Waals surface area contributed by atoms with Crippen molar-refractivity contribution in [3.63, 3.8) is 0 Å². The van der Waals surface area contributed by atoms with Crippen molar-refractivity contribution in [2.45, 2.75) is 19.3 Å². The number of rotatable bonds is 6. The summed E-state index contributed by atoms with van der Waals surface area (Å²) < 4.78 is 4.93. The molecular formula is C15H23N3O2. The summed E-state index contributed by atoms with van der Waals surface area (Å²) in [5.41, 5.74) is 2.05. The number of carbonyl (C=O) groups is 1. The van der Waals surface area contributed by atoms with Gasteiger partial charge < -0.3 is 20.3 Å². The molecule has 0 radical (unpaired) electrons. The molecule has 1 aliphatic rings. The number of amides is 2. The Kier molecular flexibility index (Phi) is 5.68. The van der Waals surface area contributed by atoms with E-state index < -0.39 is 0 Å². The summed E-state index contributed by atoms with van der Waals surface area (Å²) in [5, 5.41) is 5.62. The molecule has 2 amide bonds. The van der Waals surface area contributed by atoms with Crippen LogP contribution in [0.1, 0.15) is 19.3 Å². The van der Waals surface area contributed by atoms with E-state index in [1.54, 1.807) is 7.11 Å². The van der Waals surface area contributed by atoms with Crippen LogP contribution >= 0.6 is 0 Å². The monoisotopic (exact) mass is 277 g/mol.